The van der Waals surface area contributed by atoms with E-state index in [0.717, 1.165) is 0 Å². The molecule has 96 valence electrons. The molecule has 1 aliphatic rings. The molecule has 0 aliphatic carbocycles. The fourth-order valence-corrected chi connectivity index (χ4v) is 1.91. The Kier molecular flexibility index (Phi) is 3.23. The lowest BCUT2D eigenvalue weighted by Gasteiger charge is -2.23. The summed E-state index contributed by atoms with van der Waals surface area (Å²) in [6, 6.07) is 3.15. The summed E-state index contributed by atoms with van der Waals surface area (Å²) in [6.45, 7) is 1.47. The summed E-state index contributed by atoms with van der Waals surface area (Å²) >= 11 is 0. The van der Waals surface area contributed by atoms with Crippen LogP contribution in [0.25, 0.3) is 0 Å². The number of fused-ring (bicyclic) bond motifs is 1. The first kappa shape index (κ1) is 12.4. The Balaban J connectivity index is 2.48. The second kappa shape index (κ2) is 4.68. The fraction of sp³-hybridized carbons (Fsp3) is 0.385. The van der Waals surface area contributed by atoms with Gasteiger partial charge in [-0.25, -0.2) is 0 Å². The summed E-state index contributed by atoms with van der Waals surface area (Å²) in [5, 5.41) is 0. The van der Waals surface area contributed by atoms with Gasteiger partial charge in [0.05, 0.1) is 19.8 Å². The maximum atomic E-state index is 12.1. The van der Waals surface area contributed by atoms with Crippen molar-refractivity contribution >= 4 is 11.6 Å². The minimum atomic E-state index is -0.726. The summed E-state index contributed by atoms with van der Waals surface area (Å²) in [6.07, 6.45) is 0. The van der Waals surface area contributed by atoms with Gasteiger partial charge in [-0.1, -0.05) is 0 Å². The van der Waals surface area contributed by atoms with Crippen molar-refractivity contribution in [2.24, 2.45) is 5.92 Å². The van der Waals surface area contributed by atoms with Crippen molar-refractivity contribution in [3.05, 3.63) is 17.7 Å². The Morgan fingerprint density at radius 2 is 1.89 bits per heavy atom. The van der Waals surface area contributed by atoms with Crippen LogP contribution in [0.2, 0.25) is 0 Å². The second-order valence-corrected chi connectivity index (χ2v) is 4.04. The molecule has 2 rings (SSSR count). The van der Waals surface area contributed by atoms with Gasteiger partial charge in [0.1, 0.15) is 24.1 Å². The van der Waals surface area contributed by atoms with E-state index in [4.69, 9.17) is 14.2 Å². The van der Waals surface area contributed by atoms with Crippen LogP contribution in [-0.4, -0.2) is 32.4 Å². The third-order valence-corrected chi connectivity index (χ3v) is 2.96. The van der Waals surface area contributed by atoms with Gasteiger partial charge in [-0.2, -0.15) is 0 Å². The third kappa shape index (κ3) is 1.92. The van der Waals surface area contributed by atoms with E-state index in [-0.39, 0.29) is 18.2 Å². The molecule has 1 heterocycles. The number of ketones is 2. The van der Waals surface area contributed by atoms with Gasteiger partial charge in [-0.3, -0.25) is 9.59 Å². The number of hydrogen-bond acceptors (Lipinski definition) is 5. The highest BCUT2D eigenvalue weighted by molar-refractivity contribution is 6.12. The Labute approximate surface area is 105 Å². The van der Waals surface area contributed by atoms with E-state index in [9.17, 15) is 9.59 Å². The lowest BCUT2D eigenvalue weighted by atomic mass is 9.92. The average molecular weight is 250 g/mol. The highest BCUT2D eigenvalue weighted by Crippen LogP contribution is 2.38. The average Bonchev–Trinajstić information content (AvgIpc) is 2.37. The Hall–Kier alpha value is -2.04. The minimum absolute atomic E-state index is 0.0800. The SMILES string of the molecule is COc1cc2c(cc1OC)C(=O)C(C(C)=O)CO2. The van der Waals surface area contributed by atoms with Gasteiger partial charge < -0.3 is 14.2 Å². The third-order valence-electron chi connectivity index (χ3n) is 2.96. The Morgan fingerprint density at radius 3 is 2.44 bits per heavy atom. The lowest BCUT2D eigenvalue weighted by molar-refractivity contribution is -0.120. The quantitative estimate of drug-likeness (QED) is 0.760. The van der Waals surface area contributed by atoms with Gasteiger partial charge in [-0.05, 0) is 13.0 Å². The zero-order valence-electron chi connectivity index (χ0n) is 10.5. The first-order valence-electron chi connectivity index (χ1n) is 5.52. The standard InChI is InChI=1S/C13H14O5/c1-7(14)9-6-18-10-5-12(17-3)11(16-2)4-8(10)13(9)15/h4-5,9H,6H2,1-3H3. The molecule has 0 aromatic heterocycles. The molecule has 0 amide bonds. The summed E-state index contributed by atoms with van der Waals surface area (Å²) in [5.41, 5.74) is 0.360. The summed E-state index contributed by atoms with van der Waals surface area (Å²) in [5.74, 6) is 0.207. The molecular weight excluding hydrogens is 236 g/mol. The van der Waals surface area contributed by atoms with E-state index in [1.807, 2.05) is 0 Å². The number of carbonyl (C=O) groups excluding carboxylic acids is 2. The highest BCUT2D eigenvalue weighted by atomic mass is 16.5. The van der Waals surface area contributed by atoms with Crippen LogP contribution in [0.5, 0.6) is 17.2 Å². The predicted octanol–water partition coefficient (Wildman–Crippen LogP) is 1.48. The van der Waals surface area contributed by atoms with Gasteiger partial charge >= 0.3 is 0 Å². The smallest absolute Gasteiger partial charge is 0.180 e. The number of Topliss-reactive ketones (excluding diaryl/α,β-unsaturated/α-hetero) is 2. The largest absolute Gasteiger partial charge is 0.493 e. The predicted molar refractivity (Wildman–Crippen MR) is 63.5 cm³/mol. The first-order valence-corrected chi connectivity index (χ1v) is 5.52. The van der Waals surface area contributed by atoms with Crippen molar-refractivity contribution in [1.29, 1.82) is 0 Å². The molecule has 0 spiro atoms. The molecule has 1 aliphatic heterocycles. The lowest BCUT2D eigenvalue weighted by Crippen LogP contribution is -2.32. The van der Waals surface area contributed by atoms with Crippen LogP contribution in [0, 0.1) is 5.92 Å². The molecule has 0 bridgehead atoms. The van der Waals surface area contributed by atoms with Crippen LogP contribution in [0.1, 0.15) is 17.3 Å². The molecule has 0 saturated heterocycles. The molecule has 1 unspecified atom stereocenters. The molecule has 1 atom stereocenters. The Morgan fingerprint density at radius 1 is 1.28 bits per heavy atom. The van der Waals surface area contributed by atoms with Gasteiger partial charge in [-0.15, -0.1) is 0 Å². The van der Waals surface area contributed by atoms with Crippen molar-refractivity contribution in [3.8, 4) is 17.2 Å². The van der Waals surface area contributed by atoms with Gasteiger partial charge in [0.2, 0.25) is 0 Å². The van der Waals surface area contributed by atoms with Gasteiger partial charge in [0.15, 0.2) is 17.3 Å². The number of carbonyl (C=O) groups is 2. The summed E-state index contributed by atoms with van der Waals surface area (Å²) < 4.78 is 15.7. The number of methoxy groups -OCH3 is 2. The van der Waals surface area contributed by atoms with E-state index in [1.54, 1.807) is 12.1 Å². The van der Waals surface area contributed by atoms with Crippen LogP contribution in [0.15, 0.2) is 12.1 Å². The number of ether oxygens (including phenoxy) is 3. The van der Waals surface area contributed by atoms with E-state index >= 15 is 0 Å². The van der Waals surface area contributed by atoms with E-state index in [2.05, 4.69) is 0 Å². The molecule has 18 heavy (non-hydrogen) atoms. The first-order chi connectivity index (χ1) is 8.58. The number of benzene rings is 1. The topological polar surface area (TPSA) is 61.8 Å². The molecule has 5 heteroatoms. The number of hydrogen-bond donors (Lipinski definition) is 0. The Bertz CT molecular complexity index is 506. The fourth-order valence-electron chi connectivity index (χ4n) is 1.91. The molecular formula is C13H14O5. The summed E-state index contributed by atoms with van der Waals surface area (Å²) in [4.78, 5) is 23.5. The zero-order valence-corrected chi connectivity index (χ0v) is 10.5. The minimum Gasteiger partial charge on any atom is -0.493 e. The van der Waals surface area contributed by atoms with Crippen LogP contribution in [0.3, 0.4) is 0 Å². The van der Waals surface area contributed by atoms with Crippen molar-refractivity contribution in [2.45, 2.75) is 6.92 Å². The van der Waals surface area contributed by atoms with Crippen molar-refractivity contribution < 1.29 is 23.8 Å². The maximum Gasteiger partial charge on any atom is 0.180 e. The monoisotopic (exact) mass is 250 g/mol. The van der Waals surface area contributed by atoms with E-state index in [1.165, 1.54) is 21.1 Å². The van der Waals surface area contributed by atoms with E-state index < -0.39 is 5.92 Å². The molecule has 0 N–H and O–H groups in total. The highest BCUT2D eigenvalue weighted by Gasteiger charge is 2.33. The molecule has 0 saturated carbocycles. The maximum absolute atomic E-state index is 12.1. The summed E-state index contributed by atoms with van der Waals surface area (Å²) in [7, 11) is 2.99. The van der Waals surface area contributed by atoms with Crippen LogP contribution < -0.4 is 14.2 Å². The molecule has 1 aromatic carbocycles. The molecule has 0 radical (unpaired) electrons. The van der Waals surface area contributed by atoms with Gasteiger partial charge in [0.25, 0.3) is 0 Å². The second-order valence-electron chi connectivity index (χ2n) is 4.04. The zero-order chi connectivity index (χ0) is 13.3. The molecule has 0 fully saturated rings. The normalized spacial score (nSPS) is 17.7. The van der Waals surface area contributed by atoms with Crippen molar-refractivity contribution in [1.82, 2.24) is 0 Å². The van der Waals surface area contributed by atoms with Crippen molar-refractivity contribution in [3.63, 3.8) is 0 Å². The van der Waals surface area contributed by atoms with E-state index in [0.29, 0.717) is 22.8 Å². The number of rotatable bonds is 3. The van der Waals surface area contributed by atoms with Gasteiger partial charge in [0, 0.05) is 6.07 Å². The van der Waals surface area contributed by atoms with Crippen LogP contribution >= 0.6 is 0 Å². The van der Waals surface area contributed by atoms with Crippen LogP contribution in [0.4, 0.5) is 0 Å². The molecule has 1 aromatic rings. The van der Waals surface area contributed by atoms with Crippen LogP contribution in [-0.2, 0) is 4.79 Å². The molecule has 5 nitrogen and oxygen atoms in total. The van der Waals surface area contributed by atoms with Crippen molar-refractivity contribution in [2.75, 3.05) is 20.8 Å².